The summed E-state index contributed by atoms with van der Waals surface area (Å²) in [6.45, 7) is 3.57. The van der Waals surface area contributed by atoms with Crippen LogP contribution in [-0.4, -0.2) is 60.4 Å². The van der Waals surface area contributed by atoms with Crippen molar-refractivity contribution in [2.75, 3.05) is 26.2 Å². The minimum absolute atomic E-state index is 0.0406. The van der Waals surface area contributed by atoms with Gasteiger partial charge in [-0.05, 0) is 48.1 Å². The van der Waals surface area contributed by atoms with Crippen LogP contribution in [0, 0.1) is 23.0 Å². The zero-order valence-corrected chi connectivity index (χ0v) is 17.3. The molecule has 0 heterocycles. The van der Waals surface area contributed by atoms with Gasteiger partial charge in [0.2, 0.25) is 5.91 Å². The predicted molar refractivity (Wildman–Crippen MR) is 108 cm³/mol. The number of hydrogen-bond donors (Lipinski definition) is 6. The average molecular weight is 430 g/mol. The highest BCUT2D eigenvalue weighted by atomic mass is 19.1. The number of amides is 2. The average Bonchev–Trinajstić information content (AvgIpc) is 2.71. The van der Waals surface area contributed by atoms with Crippen LogP contribution < -0.4 is 22.1 Å². The number of carbonyl (C=O) groups is 2. The van der Waals surface area contributed by atoms with E-state index in [0.717, 1.165) is 18.2 Å². The van der Waals surface area contributed by atoms with E-state index < -0.39 is 41.7 Å². The molecule has 10 heteroatoms. The first kappa shape index (κ1) is 25.9. The maximum atomic E-state index is 13.8. The third-order valence-electron chi connectivity index (χ3n) is 4.71. The second kappa shape index (κ2) is 11.9. The van der Waals surface area contributed by atoms with E-state index in [2.05, 4.69) is 10.6 Å². The van der Waals surface area contributed by atoms with Gasteiger partial charge in [0, 0.05) is 19.5 Å². The predicted octanol–water partition coefficient (Wildman–Crippen LogP) is -0.589. The lowest BCUT2D eigenvalue weighted by Crippen LogP contribution is -2.51. The lowest BCUT2D eigenvalue weighted by Gasteiger charge is -2.27. The number of benzene rings is 1. The Kier molecular flexibility index (Phi) is 10.3. The van der Waals surface area contributed by atoms with Crippen LogP contribution in [0.1, 0.15) is 25.8 Å². The molecular weight excluding hydrogens is 398 g/mol. The monoisotopic (exact) mass is 430 g/mol. The van der Waals surface area contributed by atoms with E-state index in [1.54, 1.807) is 13.8 Å². The molecule has 3 atom stereocenters. The fraction of sp³-hybridized carbons (Fsp3) is 0.600. The second-order valence-electron chi connectivity index (χ2n) is 8.20. The quantitative estimate of drug-likeness (QED) is 0.261. The summed E-state index contributed by atoms with van der Waals surface area (Å²) in [7, 11) is 0. The van der Waals surface area contributed by atoms with Gasteiger partial charge in [0.15, 0.2) is 0 Å². The molecule has 0 spiro atoms. The highest BCUT2D eigenvalue weighted by Gasteiger charge is 2.26. The van der Waals surface area contributed by atoms with E-state index in [-0.39, 0.29) is 49.9 Å². The molecule has 0 radical (unpaired) electrons. The Morgan fingerprint density at radius 2 is 1.83 bits per heavy atom. The maximum absolute atomic E-state index is 13.8. The normalized spacial score (nSPS) is 14.7. The van der Waals surface area contributed by atoms with E-state index >= 15 is 0 Å². The molecule has 0 bridgehead atoms. The molecule has 0 saturated carbocycles. The van der Waals surface area contributed by atoms with Crippen LogP contribution in [0.25, 0.3) is 0 Å². The highest BCUT2D eigenvalue weighted by molar-refractivity contribution is 5.81. The van der Waals surface area contributed by atoms with Gasteiger partial charge in [0.05, 0.1) is 12.6 Å². The van der Waals surface area contributed by atoms with Gasteiger partial charge >= 0.3 is 0 Å². The Morgan fingerprint density at radius 1 is 1.20 bits per heavy atom. The summed E-state index contributed by atoms with van der Waals surface area (Å²) < 4.78 is 27.1. The van der Waals surface area contributed by atoms with Crippen molar-refractivity contribution in [1.82, 2.24) is 10.6 Å². The molecule has 0 saturated heterocycles. The van der Waals surface area contributed by atoms with Crippen molar-refractivity contribution in [2.24, 2.45) is 22.8 Å². The Bertz CT molecular complexity index is 718. The third kappa shape index (κ3) is 8.70. The minimum Gasteiger partial charge on any atom is -0.395 e. The molecular formula is C20H32F2N4O4. The number of hydrogen-bond acceptors (Lipinski definition) is 6. The van der Waals surface area contributed by atoms with Crippen LogP contribution in [-0.2, 0) is 16.0 Å². The van der Waals surface area contributed by atoms with Crippen molar-refractivity contribution >= 4 is 11.8 Å². The number of aliphatic hydroxyl groups is 2. The molecule has 1 aromatic carbocycles. The van der Waals surface area contributed by atoms with E-state index in [0.29, 0.717) is 0 Å². The molecule has 0 aliphatic heterocycles. The van der Waals surface area contributed by atoms with Crippen molar-refractivity contribution in [3.8, 4) is 0 Å². The molecule has 0 fully saturated rings. The van der Waals surface area contributed by atoms with Gasteiger partial charge in [-0.3, -0.25) is 9.59 Å². The summed E-state index contributed by atoms with van der Waals surface area (Å²) in [5.74, 6) is -2.48. The fourth-order valence-corrected chi connectivity index (χ4v) is 2.71. The summed E-state index contributed by atoms with van der Waals surface area (Å²) in [5, 5.41) is 23.8. The largest absolute Gasteiger partial charge is 0.395 e. The first-order valence-corrected chi connectivity index (χ1v) is 9.72. The van der Waals surface area contributed by atoms with E-state index in [4.69, 9.17) is 16.6 Å². The second-order valence-corrected chi connectivity index (χ2v) is 8.20. The maximum Gasteiger partial charge on any atom is 0.250 e. The molecule has 8 N–H and O–H groups in total. The molecule has 30 heavy (non-hydrogen) atoms. The van der Waals surface area contributed by atoms with Crippen molar-refractivity contribution in [3.63, 3.8) is 0 Å². The first-order chi connectivity index (χ1) is 14.0. The Balaban J connectivity index is 2.50. The minimum atomic E-state index is -1.53. The van der Waals surface area contributed by atoms with Gasteiger partial charge in [-0.15, -0.1) is 0 Å². The van der Waals surface area contributed by atoms with Gasteiger partial charge in [0.25, 0.3) is 5.91 Å². The van der Waals surface area contributed by atoms with Crippen molar-refractivity contribution < 1.29 is 28.6 Å². The molecule has 0 aliphatic rings. The molecule has 1 unspecified atom stereocenters. The Morgan fingerprint density at radius 3 is 2.43 bits per heavy atom. The molecule has 0 aromatic heterocycles. The third-order valence-corrected chi connectivity index (χ3v) is 4.71. The number of aliphatic hydroxyl groups excluding tert-OH is 2. The molecule has 2 amide bonds. The number of carbonyl (C=O) groups excluding carboxylic acids is 2. The summed E-state index contributed by atoms with van der Waals surface area (Å²) in [5.41, 5.74) is 10.7. The first-order valence-electron chi connectivity index (χ1n) is 9.72. The van der Waals surface area contributed by atoms with Crippen molar-refractivity contribution in [1.29, 1.82) is 0 Å². The molecule has 170 valence electrons. The number of nitrogens with one attached hydrogen (secondary N) is 2. The molecule has 1 rings (SSSR count). The van der Waals surface area contributed by atoms with E-state index in [1.807, 2.05) is 0 Å². The topological polar surface area (TPSA) is 151 Å². The fourth-order valence-electron chi connectivity index (χ4n) is 2.71. The highest BCUT2D eigenvalue weighted by Crippen LogP contribution is 2.17. The van der Waals surface area contributed by atoms with Crippen LogP contribution in [0.5, 0.6) is 0 Å². The van der Waals surface area contributed by atoms with Crippen LogP contribution in [0.4, 0.5) is 8.78 Å². The van der Waals surface area contributed by atoms with Gasteiger partial charge in [0.1, 0.15) is 17.7 Å². The number of nitrogens with two attached hydrogens (primary N) is 2. The van der Waals surface area contributed by atoms with Crippen LogP contribution >= 0.6 is 0 Å². The Labute approximate surface area is 175 Å². The SMILES string of the molecule is CC(C)(CNC(=O)CC(CN)Cc1cc(F)ccc1F)CNC(=O)[C@@H](O)[C@H](N)CO. The van der Waals surface area contributed by atoms with Crippen LogP contribution in [0.3, 0.4) is 0 Å². The summed E-state index contributed by atoms with van der Waals surface area (Å²) in [6.07, 6.45) is -1.36. The summed E-state index contributed by atoms with van der Waals surface area (Å²) in [4.78, 5) is 24.1. The standard InChI is InChI=1S/C20H32F2N4O4/c1-20(2,11-26-19(30)18(29)16(24)9-27)10-25-17(28)6-12(8-23)5-13-7-14(21)3-4-15(13)22/h3-4,7,12,16,18,27,29H,5-6,8-11,23-24H2,1-2H3,(H,25,28)(H,26,30)/t12?,16-,18+/m1/s1. The zero-order chi connectivity index (χ0) is 22.9. The molecule has 1 aromatic rings. The number of rotatable bonds is 12. The summed E-state index contributed by atoms with van der Waals surface area (Å²) in [6, 6.07) is 2.09. The van der Waals surface area contributed by atoms with Crippen LogP contribution in [0.2, 0.25) is 0 Å². The lowest BCUT2D eigenvalue weighted by molar-refractivity contribution is -0.131. The molecule has 8 nitrogen and oxygen atoms in total. The van der Waals surface area contributed by atoms with Crippen LogP contribution in [0.15, 0.2) is 18.2 Å². The lowest BCUT2D eigenvalue weighted by atomic mass is 9.92. The molecule has 0 aliphatic carbocycles. The van der Waals surface area contributed by atoms with Gasteiger partial charge in [-0.2, -0.15) is 0 Å². The van der Waals surface area contributed by atoms with Gasteiger partial charge < -0.3 is 32.3 Å². The van der Waals surface area contributed by atoms with E-state index in [1.165, 1.54) is 0 Å². The Hall–Kier alpha value is -2.14. The summed E-state index contributed by atoms with van der Waals surface area (Å²) >= 11 is 0. The smallest absolute Gasteiger partial charge is 0.250 e. The van der Waals surface area contributed by atoms with Gasteiger partial charge in [-0.1, -0.05) is 13.8 Å². The van der Waals surface area contributed by atoms with Crippen molar-refractivity contribution in [3.05, 3.63) is 35.4 Å². The van der Waals surface area contributed by atoms with Gasteiger partial charge in [-0.25, -0.2) is 8.78 Å². The van der Waals surface area contributed by atoms with Crippen molar-refractivity contribution in [2.45, 2.75) is 38.8 Å². The zero-order valence-electron chi connectivity index (χ0n) is 17.3. The van der Waals surface area contributed by atoms with E-state index in [9.17, 15) is 23.5 Å². The number of halogens is 2.